The number of phosphoric acid groups is 1. The number of hydrogen-bond acceptors (Lipinski definition) is 13. The minimum atomic E-state index is -4.87. The first kappa shape index (κ1) is 45.3. The van der Waals surface area contributed by atoms with Crippen LogP contribution in [-0.2, 0) is 43.0 Å². The van der Waals surface area contributed by atoms with E-state index in [0.29, 0.717) is 25.7 Å². The first-order valence-corrected chi connectivity index (χ1v) is 17.6. The zero-order valence-corrected chi connectivity index (χ0v) is 31.3. The molecule has 0 heterocycles. The molecule has 19 heteroatoms. The van der Waals surface area contributed by atoms with Crippen LogP contribution in [0, 0.1) is 39.9 Å². The van der Waals surface area contributed by atoms with Crippen LogP contribution in [0.1, 0.15) is 36.8 Å². The third kappa shape index (κ3) is 15.2. The molecule has 1 aliphatic rings. The van der Waals surface area contributed by atoms with E-state index in [2.05, 4.69) is 0 Å². The normalized spacial score (nSPS) is 16.2. The number of rotatable bonds is 23. The molecule has 52 heavy (non-hydrogen) atoms. The van der Waals surface area contributed by atoms with Crippen molar-refractivity contribution in [2.24, 2.45) is 0 Å². The second kappa shape index (κ2) is 21.7. The Morgan fingerprint density at radius 1 is 0.750 bits per heavy atom. The number of carboxylic acid groups (broad SMARTS) is 5. The molecular weight excluding hydrogens is 851 g/mol. The van der Waals surface area contributed by atoms with Gasteiger partial charge in [0, 0.05) is 84.1 Å². The van der Waals surface area contributed by atoms with Crippen molar-refractivity contribution in [3.05, 3.63) is 71.8 Å². The second-order valence-corrected chi connectivity index (χ2v) is 13.7. The number of phosphoric ester groups is 1. The van der Waals surface area contributed by atoms with Gasteiger partial charge in [-0.25, -0.2) is 4.57 Å². The van der Waals surface area contributed by atoms with Gasteiger partial charge in [0.05, 0.1) is 44.3 Å². The molecule has 0 amide bonds. The van der Waals surface area contributed by atoms with Crippen LogP contribution in [0.2, 0.25) is 0 Å². The van der Waals surface area contributed by atoms with Crippen LogP contribution in [0.15, 0.2) is 60.7 Å². The minimum absolute atomic E-state index is 0. The maximum absolute atomic E-state index is 13.3. The maximum Gasteiger partial charge on any atom is 0.472 e. The monoisotopic (exact) mass is 893 g/mol. The van der Waals surface area contributed by atoms with Crippen LogP contribution in [0.5, 0.6) is 0 Å². The second-order valence-electron chi connectivity index (χ2n) is 12.3. The SMILES string of the molecule is O=C([O-])CN(CCN(CC(=O)O)CC(=O)O)C[C@H](COP(=O)(O)OC1CCC(c2ccccc2)(c2ccccc2)CC1)N(CC(=O)[O-])CC(=O)O.[Gd]. The molecule has 0 aliphatic heterocycles. The van der Waals surface area contributed by atoms with Crippen LogP contribution in [0.3, 0.4) is 0 Å². The molecule has 0 bridgehead atoms. The Bertz CT molecular complexity index is 1450. The van der Waals surface area contributed by atoms with E-state index in [1.54, 1.807) is 0 Å². The molecule has 1 aliphatic carbocycles. The number of nitrogens with zero attached hydrogens (tertiary/aromatic N) is 3. The standard InChI is InChI=1S/C33H44N3O14P.Gd/c37-28(38)18-34(15-16-35(19-29(39)40)20-30(41)42)17-26(36(21-31(43)44)22-32(45)46)23-49-51(47,48)50-27-11-13-33(14-12-27,24-7-3-1-4-8-24)25-9-5-2-6-10-25;/h1-10,26-27H,11-23H2,(H,37,38)(H,39,40)(H,41,42)(H,43,44)(H,45,46)(H,47,48);/p-2/t26-;/m1./s1. The van der Waals surface area contributed by atoms with Crippen LogP contribution in [0.4, 0.5) is 0 Å². The first-order valence-electron chi connectivity index (χ1n) is 16.1. The Morgan fingerprint density at radius 2 is 1.21 bits per heavy atom. The molecule has 1 unspecified atom stereocenters. The summed E-state index contributed by atoms with van der Waals surface area (Å²) in [6, 6.07) is 18.4. The molecule has 17 nitrogen and oxygen atoms in total. The number of carbonyl (C=O) groups excluding carboxylic acids is 2. The van der Waals surface area contributed by atoms with Crippen LogP contribution in [-0.4, -0.2) is 136 Å². The van der Waals surface area contributed by atoms with Crippen molar-refractivity contribution in [3.8, 4) is 0 Å². The van der Waals surface area contributed by atoms with E-state index < -0.39 is 95.7 Å². The topological polar surface area (TPSA) is 258 Å². The summed E-state index contributed by atoms with van der Waals surface area (Å²) < 4.78 is 24.1. The van der Waals surface area contributed by atoms with Crippen molar-refractivity contribution >= 4 is 37.7 Å². The molecule has 2 aromatic rings. The van der Waals surface area contributed by atoms with Crippen molar-refractivity contribution < 1.29 is 108 Å². The van der Waals surface area contributed by atoms with E-state index in [-0.39, 0.29) is 58.4 Å². The smallest absolute Gasteiger partial charge is 0.472 e. The quantitative estimate of drug-likeness (QED) is 0.0984. The van der Waals surface area contributed by atoms with Gasteiger partial charge < -0.3 is 40.0 Å². The maximum atomic E-state index is 13.3. The van der Waals surface area contributed by atoms with Gasteiger partial charge in [0.15, 0.2) is 0 Å². The molecule has 0 radical (unpaired) electrons. The molecule has 288 valence electrons. The van der Waals surface area contributed by atoms with Crippen LogP contribution in [0.25, 0.3) is 0 Å². The fourth-order valence-corrected chi connectivity index (χ4v) is 7.38. The van der Waals surface area contributed by atoms with Crippen molar-refractivity contribution in [1.82, 2.24) is 14.7 Å². The summed E-state index contributed by atoms with van der Waals surface area (Å²) in [4.78, 5) is 70.9. The molecule has 4 N–H and O–H groups in total. The average Bonchev–Trinajstić information content (AvgIpc) is 3.05. The summed E-state index contributed by atoms with van der Waals surface area (Å²) in [7, 11) is -4.87. The molecule has 1 saturated carbocycles. The molecule has 1 fully saturated rings. The van der Waals surface area contributed by atoms with Gasteiger partial charge in [-0.3, -0.25) is 38.1 Å². The summed E-state index contributed by atoms with van der Waals surface area (Å²) in [6.07, 6.45) is 1.19. The summed E-state index contributed by atoms with van der Waals surface area (Å²) in [5.74, 6) is -7.49. The first-order chi connectivity index (χ1) is 24.1. The molecule has 0 saturated heterocycles. The Hall–Kier alpha value is -2.90. The number of aliphatic carboxylic acids is 5. The molecular formula is C33H42GdN3O14P-2. The van der Waals surface area contributed by atoms with Gasteiger partial charge in [-0.2, -0.15) is 0 Å². The van der Waals surface area contributed by atoms with Gasteiger partial charge in [0.25, 0.3) is 0 Å². The van der Waals surface area contributed by atoms with E-state index in [9.17, 15) is 48.8 Å². The number of carboxylic acids is 5. The number of hydrogen-bond donors (Lipinski definition) is 4. The Kier molecular flexibility index (Phi) is 18.9. The molecule has 3 rings (SSSR count). The molecule has 2 atom stereocenters. The van der Waals surface area contributed by atoms with Gasteiger partial charge in [0.1, 0.15) is 0 Å². The predicted molar refractivity (Wildman–Crippen MR) is 174 cm³/mol. The minimum Gasteiger partial charge on any atom is -0.549 e. The zero-order chi connectivity index (χ0) is 37.6. The largest absolute Gasteiger partial charge is 0.549 e. The van der Waals surface area contributed by atoms with Gasteiger partial charge in [-0.05, 0) is 36.8 Å². The third-order valence-corrected chi connectivity index (χ3v) is 9.65. The van der Waals surface area contributed by atoms with Crippen molar-refractivity contribution in [1.29, 1.82) is 0 Å². The summed E-state index contributed by atoms with van der Waals surface area (Å²) >= 11 is 0. The van der Waals surface area contributed by atoms with Crippen molar-refractivity contribution in [2.45, 2.75) is 43.2 Å². The summed E-state index contributed by atoms with van der Waals surface area (Å²) in [5, 5.41) is 50.9. The van der Waals surface area contributed by atoms with Gasteiger partial charge >= 0.3 is 25.7 Å². The van der Waals surface area contributed by atoms with Gasteiger partial charge in [-0.1, -0.05) is 60.7 Å². The van der Waals surface area contributed by atoms with Crippen LogP contribution >= 0.6 is 7.82 Å². The summed E-state index contributed by atoms with van der Waals surface area (Å²) in [5.41, 5.74) is 1.80. The zero-order valence-electron chi connectivity index (χ0n) is 28.1. The molecule has 2 aromatic carbocycles. The fraction of sp³-hybridized carbons (Fsp3) is 0.485. The molecule has 0 aromatic heterocycles. The van der Waals surface area contributed by atoms with E-state index in [0.717, 1.165) is 25.8 Å². The van der Waals surface area contributed by atoms with Gasteiger partial charge in [-0.15, -0.1) is 0 Å². The van der Waals surface area contributed by atoms with Crippen molar-refractivity contribution in [3.63, 3.8) is 0 Å². The number of carbonyl (C=O) groups is 5. The Labute approximate surface area is 332 Å². The van der Waals surface area contributed by atoms with E-state index in [4.69, 9.17) is 19.3 Å². The van der Waals surface area contributed by atoms with Crippen molar-refractivity contribution in [2.75, 3.05) is 59.0 Å². The number of benzene rings is 2. The average molecular weight is 893 g/mol. The Morgan fingerprint density at radius 3 is 1.65 bits per heavy atom. The molecule has 0 spiro atoms. The predicted octanol–water partition coefficient (Wildman–Crippen LogP) is -0.923. The Balaban J connectivity index is 0.00000936. The fourth-order valence-electron chi connectivity index (χ4n) is 6.37. The summed E-state index contributed by atoms with van der Waals surface area (Å²) in [6.45, 7) is -5.96. The van der Waals surface area contributed by atoms with Gasteiger partial charge in [0.2, 0.25) is 0 Å². The third-order valence-electron chi connectivity index (χ3n) is 8.61. The van der Waals surface area contributed by atoms with E-state index in [1.165, 1.54) is 0 Å². The van der Waals surface area contributed by atoms with E-state index >= 15 is 0 Å². The van der Waals surface area contributed by atoms with Crippen LogP contribution < -0.4 is 10.2 Å². The van der Waals surface area contributed by atoms with E-state index in [1.807, 2.05) is 60.7 Å².